The molecule has 0 bridgehead atoms. The molecule has 0 fully saturated rings. The molecule has 3 heteroatoms. The maximum atomic E-state index is 11.1. The third-order valence-electron chi connectivity index (χ3n) is 2.81. The van der Waals surface area contributed by atoms with Crippen LogP contribution >= 0.6 is 0 Å². The van der Waals surface area contributed by atoms with Crippen LogP contribution in [-0.4, -0.2) is 5.97 Å². The molecular weight excluding hydrogens is 202 g/mol. The first-order valence-electron chi connectivity index (χ1n) is 5.60. The van der Waals surface area contributed by atoms with Gasteiger partial charge in [0.05, 0.1) is 6.42 Å². The summed E-state index contributed by atoms with van der Waals surface area (Å²) in [6.07, 6.45) is 2.23. The standard InChI is InChI=1S/C13H19NO2/c1-3-11(9-13(15)16-14)8-12-6-4-10(2)5-7-12/h4-7,11H,3,8-9,14H2,1-2H3. The zero-order chi connectivity index (χ0) is 12.0. The maximum absolute atomic E-state index is 11.1. The summed E-state index contributed by atoms with van der Waals surface area (Å²) in [5, 5.41) is 0. The Morgan fingerprint density at radius 2 is 2.00 bits per heavy atom. The Bertz CT molecular complexity index is 332. The van der Waals surface area contributed by atoms with Crippen molar-refractivity contribution in [3.8, 4) is 0 Å². The molecule has 0 aliphatic rings. The van der Waals surface area contributed by atoms with Gasteiger partial charge in [-0.2, -0.15) is 5.90 Å². The normalized spacial score (nSPS) is 12.2. The first-order chi connectivity index (χ1) is 7.65. The molecule has 0 spiro atoms. The smallest absolute Gasteiger partial charge is 0.324 e. The average molecular weight is 221 g/mol. The molecule has 0 saturated carbocycles. The third kappa shape index (κ3) is 4.03. The first-order valence-corrected chi connectivity index (χ1v) is 5.60. The predicted octanol–water partition coefficient (Wildman–Crippen LogP) is 2.37. The van der Waals surface area contributed by atoms with Crippen LogP contribution in [0.1, 0.15) is 30.9 Å². The van der Waals surface area contributed by atoms with Crippen LogP contribution in [0.2, 0.25) is 0 Å². The molecule has 0 radical (unpaired) electrons. The zero-order valence-electron chi connectivity index (χ0n) is 9.90. The Morgan fingerprint density at radius 3 is 2.50 bits per heavy atom. The van der Waals surface area contributed by atoms with Crippen LogP contribution in [0.5, 0.6) is 0 Å². The Kier molecular flexibility index (Phi) is 4.99. The summed E-state index contributed by atoms with van der Waals surface area (Å²) in [4.78, 5) is 15.3. The van der Waals surface area contributed by atoms with Gasteiger partial charge in [-0.25, -0.2) is 0 Å². The predicted molar refractivity (Wildman–Crippen MR) is 63.6 cm³/mol. The Morgan fingerprint density at radius 1 is 1.38 bits per heavy atom. The van der Waals surface area contributed by atoms with Crippen molar-refractivity contribution >= 4 is 5.97 Å². The van der Waals surface area contributed by atoms with Crippen molar-refractivity contribution in [1.29, 1.82) is 0 Å². The SMILES string of the molecule is CCC(CC(=O)ON)Cc1ccc(C)cc1. The minimum atomic E-state index is -0.334. The van der Waals surface area contributed by atoms with E-state index in [1.807, 2.05) is 0 Å². The van der Waals surface area contributed by atoms with Gasteiger partial charge in [-0.1, -0.05) is 43.2 Å². The summed E-state index contributed by atoms with van der Waals surface area (Å²) in [5.74, 6) is 4.81. The number of benzene rings is 1. The van der Waals surface area contributed by atoms with Crippen LogP contribution in [0.15, 0.2) is 24.3 Å². The van der Waals surface area contributed by atoms with Crippen molar-refractivity contribution in [1.82, 2.24) is 0 Å². The van der Waals surface area contributed by atoms with Crippen LogP contribution in [0, 0.1) is 12.8 Å². The molecule has 0 amide bonds. The van der Waals surface area contributed by atoms with Gasteiger partial charge in [-0.05, 0) is 24.8 Å². The zero-order valence-corrected chi connectivity index (χ0v) is 9.90. The molecule has 0 aliphatic carbocycles. The lowest BCUT2D eigenvalue weighted by Gasteiger charge is -2.13. The lowest BCUT2D eigenvalue weighted by molar-refractivity contribution is -0.145. The van der Waals surface area contributed by atoms with E-state index in [0.717, 1.165) is 12.8 Å². The largest absolute Gasteiger partial charge is 0.373 e. The van der Waals surface area contributed by atoms with E-state index in [-0.39, 0.29) is 5.97 Å². The summed E-state index contributed by atoms with van der Waals surface area (Å²) < 4.78 is 0. The van der Waals surface area contributed by atoms with Crippen LogP contribution in [0.25, 0.3) is 0 Å². The second-order valence-corrected chi connectivity index (χ2v) is 4.16. The molecule has 0 saturated heterocycles. The molecule has 16 heavy (non-hydrogen) atoms. The highest BCUT2D eigenvalue weighted by molar-refractivity contribution is 5.69. The van der Waals surface area contributed by atoms with E-state index >= 15 is 0 Å². The van der Waals surface area contributed by atoms with Gasteiger partial charge in [-0.15, -0.1) is 0 Å². The average Bonchev–Trinajstić information content (AvgIpc) is 2.30. The molecule has 3 nitrogen and oxygen atoms in total. The summed E-state index contributed by atoms with van der Waals surface area (Å²) in [5.41, 5.74) is 2.50. The summed E-state index contributed by atoms with van der Waals surface area (Å²) in [6, 6.07) is 8.38. The number of carbonyl (C=O) groups excluding carboxylic acids is 1. The molecular formula is C13H19NO2. The minimum Gasteiger partial charge on any atom is -0.373 e. The molecule has 1 rings (SSSR count). The second-order valence-electron chi connectivity index (χ2n) is 4.16. The Labute approximate surface area is 96.6 Å². The topological polar surface area (TPSA) is 52.3 Å². The van der Waals surface area contributed by atoms with Gasteiger partial charge in [-0.3, -0.25) is 4.79 Å². The third-order valence-corrected chi connectivity index (χ3v) is 2.81. The van der Waals surface area contributed by atoms with E-state index in [4.69, 9.17) is 5.90 Å². The lowest BCUT2D eigenvalue weighted by Crippen LogP contribution is -2.16. The van der Waals surface area contributed by atoms with E-state index in [0.29, 0.717) is 12.3 Å². The molecule has 0 aliphatic heterocycles. The molecule has 0 heterocycles. The maximum Gasteiger partial charge on any atom is 0.324 e. The van der Waals surface area contributed by atoms with Gasteiger partial charge in [0.1, 0.15) is 0 Å². The van der Waals surface area contributed by atoms with Crippen molar-refractivity contribution in [3.05, 3.63) is 35.4 Å². The van der Waals surface area contributed by atoms with E-state index in [1.54, 1.807) is 0 Å². The lowest BCUT2D eigenvalue weighted by atomic mass is 9.93. The van der Waals surface area contributed by atoms with Gasteiger partial charge in [0, 0.05) is 0 Å². The van der Waals surface area contributed by atoms with Crippen molar-refractivity contribution in [2.45, 2.75) is 33.1 Å². The summed E-state index contributed by atoms with van der Waals surface area (Å²) in [7, 11) is 0. The van der Waals surface area contributed by atoms with Gasteiger partial charge in [0.15, 0.2) is 0 Å². The minimum absolute atomic E-state index is 0.304. The number of hydrogen-bond acceptors (Lipinski definition) is 3. The Hall–Kier alpha value is -1.35. The molecule has 1 unspecified atom stereocenters. The second kappa shape index (κ2) is 6.28. The number of rotatable bonds is 5. The molecule has 1 atom stereocenters. The fraction of sp³-hybridized carbons (Fsp3) is 0.462. The Balaban J connectivity index is 2.56. The van der Waals surface area contributed by atoms with E-state index in [1.165, 1.54) is 11.1 Å². The number of nitrogens with two attached hydrogens (primary N) is 1. The summed E-state index contributed by atoms with van der Waals surface area (Å²) in [6.45, 7) is 4.13. The van der Waals surface area contributed by atoms with Crippen LogP contribution in [0.3, 0.4) is 0 Å². The van der Waals surface area contributed by atoms with Gasteiger partial charge in [0.2, 0.25) is 0 Å². The first kappa shape index (κ1) is 12.7. The highest BCUT2D eigenvalue weighted by Gasteiger charge is 2.13. The number of aryl methyl sites for hydroxylation is 1. The van der Waals surface area contributed by atoms with Crippen molar-refractivity contribution in [2.75, 3.05) is 0 Å². The van der Waals surface area contributed by atoms with Crippen LogP contribution < -0.4 is 5.90 Å². The van der Waals surface area contributed by atoms with E-state index in [9.17, 15) is 4.79 Å². The fourth-order valence-corrected chi connectivity index (χ4v) is 1.70. The summed E-state index contributed by atoms with van der Waals surface area (Å²) >= 11 is 0. The quantitative estimate of drug-likeness (QED) is 0.777. The van der Waals surface area contributed by atoms with Crippen molar-refractivity contribution < 1.29 is 9.63 Å². The van der Waals surface area contributed by atoms with Crippen molar-refractivity contribution in [3.63, 3.8) is 0 Å². The van der Waals surface area contributed by atoms with Crippen LogP contribution in [-0.2, 0) is 16.1 Å². The number of hydrogen-bond donors (Lipinski definition) is 1. The molecule has 1 aromatic carbocycles. The van der Waals surface area contributed by atoms with Gasteiger partial charge < -0.3 is 4.84 Å². The molecule has 0 aromatic heterocycles. The highest BCUT2D eigenvalue weighted by atomic mass is 16.7. The van der Waals surface area contributed by atoms with Crippen molar-refractivity contribution in [2.24, 2.45) is 11.8 Å². The van der Waals surface area contributed by atoms with E-state index < -0.39 is 0 Å². The van der Waals surface area contributed by atoms with Crippen LogP contribution in [0.4, 0.5) is 0 Å². The monoisotopic (exact) mass is 221 g/mol. The molecule has 88 valence electrons. The molecule has 1 aromatic rings. The number of carbonyl (C=O) groups is 1. The fourth-order valence-electron chi connectivity index (χ4n) is 1.70. The van der Waals surface area contributed by atoms with Gasteiger partial charge >= 0.3 is 5.97 Å². The highest BCUT2D eigenvalue weighted by Crippen LogP contribution is 2.16. The van der Waals surface area contributed by atoms with E-state index in [2.05, 4.69) is 43.0 Å². The molecule has 2 N–H and O–H groups in total. The van der Waals surface area contributed by atoms with Gasteiger partial charge in [0.25, 0.3) is 0 Å².